The van der Waals surface area contributed by atoms with Crippen LogP contribution in [0.15, 0.2) is 23.8 Å². The quantitative estimate of drug-likeness (QED) is 0.752. The van der Waals surface area contributed by atoms with Crippen LogP contribution in [-0.2, 0) is 6.42 Å². The van der Waals surface area contributed by atoms with Crippen molar-refractivity contribution in [2.75, 3.05) is 0 Å². The van der Waals surface area contributed by atoms with E-state index in [9.17, 15) is 10.2 Å². The van der Waals surface area contributed by atoms with Gasteiger partial charge in [0.25, 0.3) is 0 Å². The number of allylic oxidation sites excluding steroid dienone is 2. The lowest BCUT2D eigenvalue weighted by Crippen LogP contribution is -2.21. The van der Waals surface area contributed by atoms with Gasteiger partial charge < -0.3 is 10.2 Å². The molecule has 0 bridgehead atoms. The van der Waals surface area contributed by atoms with E-state index in [0.29, 0.717) is 17.4 Å². The fraction of sp³-hybridized carbons (Fsp3) is 0.579. The molecule has 0 saturated carbocycles. The van der Waals surface area contributed by atoms with Gasteiger partial charge in [0.2, 0.25) is 0 Å². The molecule has 1 aromatic rings. The molecule has 0 spiro atoms. The van der Waals surface area contributed by atoms with Gasteiger partial charge in [-0.25, -0.2) is 0 Å². The molecule has 0 fully saturated rings. The zero-order valence-electron chi connectivity index (χ0n) is 13.7. The number of phenolic OH excluding ortho intramolecular Hbond substituents is 2. The molecule has 0 amide bonds. The molecule has 2 nitrogen and oxygen atoms in total. The molecule has 21 heavy (non-hydrogen) atoms. The Morgan fingerprint density at radius 3 is 2.33 bits per heavy atom. The first-order valence-electron chi connectivity index (χ1n) is 8.16. The first-order chi connectivity index (χ1) is 9.93. The first kappa shape index (κ1) is 15.9. The molecule has 0 heterocycles. The SMILES string of the molecule is CCCc1cc(O)c([C@@H]2C=C(C)CC[C@H]2C(C)C)c(O)c1. The van der Waals surface area contributed by atoms with Crippen LogP contribution in [0.5, 0.6) is 11.5 Å². The van der Waals surface area contributed by atoms with Gasteiger partial charge in [-0.05, 0) is 55.7 Å². The molecule has 2 rings (SSSR count). The monoisotopic (exact) mass is 288 g/mol. The summed E-state index contributed by atoms with van der Waals surface area (Å²) in [7, 11) is 0. The Balaban J connectivity index is 2.45. The van der Waals surface area contributed by atoms with Crippen LogP contribution in [0.25, 0.3) is 0 Å². The van der Waals surface area contributed by atoms with Crippen molar-refractivity contribution in [3.63, 3.8) is 0 Å². The summed E-state index contributed by atoms with van der Waals surface area (Å²) in [5.41, 5.74) is 3.08. The largest absolute Gasteiger partial charge is 0.507 e. The van der Waals surface area contributed by atoms with E-state index >= 15 is 0 Å². The molecule has 0 radical (unpaired) electrons. The van der Waals surface area contributed by atoms with Crippen LogP contribution in [-0.4, -0.2) is 10.2 Å². The number of phenols is 2. The summed E-state index contributed by atoms with van der Waals surface area (Å²) >= 11 is 0. The van der Waals surface area contributed by atoms with E-state index < -0.39 is 0 Å². The van der Waals surface area contributed by atoms with Crippen LogP contribution < -0.4 is 0 Å². The third-order valence-corrected chi connectivity index (χ3v) is 4.72. The van der Waals surface area contributed by atoms with Crippen molar-refractivity contribution >= 4 is 0 Å². The van der Waals surface area contributed by atoms with E-state index in [1.165, 1.54) is 5.57 Å². The van der Waals surface area contributed by atoms with E-state index in [2.05, 4.69) is 33.8 Å². The molecule has 0 unspecified atom stereocenters. The highest BCUT2D eigenvalue weighted by molar-refractivity contribution is 5.51. The van der Waals surface area contributed by atoms with Gasteiger partial charge in [0.1, 0.15) is 11.5 Å². The van der Waals surface area contributed by atoms with Gasteiger partial charge in [0, 0.05) is 11.5 Å². The Kier molecular flexibility index (Phi) is 4.97. The topological polar surface area (TPSA) is 40.5 Å². The maximum atomic E-state index is 10.4. The smallest absolute Gasteiger partial charge is 0.123 e. The fourth-order valence-electron chi connectivity index (χ4n) is 3.59. The third kappa shape index (κ3) is 3.42. The van der Waals surface area contributed by atoms with E-state index in [-0.39, 0.29) is 17.4 Å². The fourth-order valence-corrected chi connectivity index (χ4v) is 3.59. The van der Waals surface area contributed by atoms with Crippen LogP contribution in [0.2, 0.25) is 0 Å². The average Bonchev–Trinajstić information content (AvgIpc) is 2.38. The maximum absolute atomic E-state index is 10.4. The normalized spacial score (nSPS) is 22.4. The van der Waals surface area contributed by atoms with Crippen LogP contribution in [0.4, 0.5) is 0 Å². The predicted molar refractivity (Wildman–Crippen MR) is 87.8 cm³/mol. The predicted octanol–water partition coefficient (Wildman–Crippen LogP) is 5.15. The second kappa shape index (κ2) is 6.55. The second-order valence-corrected chi connectivity index (χ2v) is 6.78. The van der Waals surface area contributed by atoms with Crippen molar-refractivity contribution in [1.82, 2.24) is 0 Å². The lowest BCUT2D eigenvalue weighted by Gasteiger charge is -2.33. The van der Waals surface area contributed by atoms with E-state index in [1.54, 1.807) is 0 Å². The molecular weight excluding hydrogens is 260 g/mol. The summed E-state index contributed by atoms with van der Waals surface area (Å²) < 4.78 is 0. The van der Waals surface area contributed by atoms with E-state index in [0.717, 1.165) is 31.2 Å². The summed E-state index contributed by atoms with van der Waals surface area (Å²) in [6, 6.07) is 3.65. The summed E-state index contributed by atoms with van der Waals surface area (Å²) in [6.07, 6.45) is 6.38. The molecule has 2 N–H and O–H groups in total. The number of hydrogen-bond acceptors (Lipinski definition) is 2. The van der Waals surface area contributed by atoms with Gasteiger partial charge in [0.15, 0.2) is 0 Å². The molecule has 1 aromatic carbocycles. The summed E-state index contributed by atoms with van der Waals surface area (Å²) in [4.78, 5) is 0. The van der Waals surface area contributed by atoms with Crippen LogP contribution >= 0.6 is 0 Å². The minimum atomic E-state index is 0.120. The summed E-state index contributed by atoms with van der Waals surface area (Å²) in [5, 5.41) is 20.9. The van der Waals surface area contributed by atoms with Gasteiger partial charge in [-0.3, -0.25) is 0 Å². The number of hydrogen-bond donors (Lipinski definition) is 2. The molecule has 0 aliphatic heterocycles. The van der Waals surface area contributed by atoms with Gasteiger partial charge in [-0.15, -0.1) is 0 Å². The van der Waals surface area contributed by atoms with Crippen LogP contribution in [0, 0.1) is 11.8 Å². The molecule has 0 aromatic heterocycles. The highest BCUT2D eigenvalue weighted by atomic mass is 16.3. The van der Waals surface area contributed by atoms with Crippen LogP contribution in [0.3, 0.4) is 0 Å². The highest BCUT2D eigenvalue weighted by Crippen LogP contribution is 2.46. The Morgan fingerprint density at radius 2 is 1.81 bits per heavy atom. The first-order valence-corrected chi connectivity index (χ1v) is 8.16. The van der Waals surface area contributed by atoms with E-state index in [1.807, 2.05) is 12.1 Å². The minimum Gasteiger partial charge on any atom is -0.507 e. The van der Waals surface area contributed by atoms with Crippen molar-refractivity contribution in [3.8, 4) is 11.5 Å². The lowest BCUT2D eigenvalue weighted by molar-refractivity contribution is 0.304. The number of benzene rings is 1. The highest BCUT2D eigenvalue weighted by Gasteiger charge is 2.31. The third-order valence-electron chi connectivity index (χ3n) is 4.72. The van der Waals surface area contributed by atoms with Gasteiger partial charge in [-0.1, -0.05) is 38.8 Å². The second-order valence-electron chi connectivity index (χ2n) is 6.78. The lowest BCUT2D eigenvalue weighted by atomic mass is 9.71. The molecule has 1 aliphatic carbocycles. The molecule has 0 saturated heterocycles. The molecular formula is C19H28O2. The Labute approximate surface area is 128 Å². The zero-order chi connectivity index (χ0) is 15.6. The van der Waals surface area contributed by atoms with Crippen molar-refractivity contribution < 1.29 is 10.2 Å². The molecule has 1 aliphatic rings. The number of aromatic hydroxyl groups is 2. The summed E-state index contributed by atoms with van der Waals surface area (Å²) in [5.74, 6) is 1.63. The standard InChI is InChI=1S/C19H28O2/c1-5-6-14-10-17(20)19(18(21)11-14)16-9-13(4)7-8-15(16)12(2)3/h9-12,15-16,20-21H,5-8H2,1-4H3/t15-,16+/m0/s1. The van der Waals surface area contributed by atoms with E-state index in [4.69, 9.17) is 0 Å². The van der Waals surface area contributed by atoms with Crippen molar-refractivity contribution in [2.45, 2.75) is 59.3 Å². The zero-order valence-corrected chi connectivity index (χ0v) is 13.7. The summed E-state index contributed by atoms with van der Waals surface area (Å²) in [6.45, 7) is 8.70. The molecule has 2 atom stereocenters. The van der Waals surface area contributed by atoms with Crippen LogP contribution in [0.1, 0.15) is 64.0 Å². The van der Waals surface area contributed by atoms with Gasteiger partial charge in [0.05, 0.1) is 0 Å². The molecule has 2 heteroatoms. The Morgan fingerprint density at radius 1 is 1.19 bits per heavy atom. The average molecular weight is 288 g/mol. The number of rotatable bonds is 4. The maximum Gasteiger partial charge on any atom is 0.123 e. The minimum absolute atomic E-state index is 0.120. The Hall–Kier alpha value is -1.44. The van der Waals surface area contributed by atoms with Crippen molar-refractivity contribution in [1.29, 1.82) is 0 Å². The van der Waals surface area contributed by atoms with Crippen molar-refractivity contribution in [2.24, 2.45) is 11.8 Å². The molecule has 116 valence electrons. The number of aryl methyl sites for hydroxylation is 1. The van der Waals surface area contributed by atoms with Crippen molar-refractivity contribution in [3.05, 3.63) is 34.9 Å². The van der Waals surface area contributed by atoms with Gasteiger partial charge >= 0.3 is 0 Å². The van der Waals surface area contributed by atoms with Gasteiger partial charge in [-0.2, -0.15) is 0 Å². The Bertz CT molecular complexity index is 505.